The van der Waals surface area contributed by atoms with Crippen LogP contribution in [0.3, 0.4) is 0 Å². The van der Waals surface area contributed by atoms with Gasteiger partial charge in [0.25, 0.3) is 5.91 Å². The van der Waals surface area contributed by atoms with Crippen LogP contribution in [-0.2, 0) is 20.9 Å². The largest absolute Gasteiger partial charge is 0.480 e. The fourth-order valence-corrected chi connectivity index (χ4v) is 3.29. The fourth-order valence-electron chi connectivity index (χ4n) is 3.29. The summed E-state index contributed by atoms with van der Waals surface area (Å²) in [6.07, 6.45) is 0.968. The number of Topliss-reactive ketones (excluding diaryl/α,β-unsaturated/α-hetero) is 2. The molecule has 0 spiro atoms. The molecular weight excluding hydrogens is 482 g/mol. The van der Waals surface area contributed by atoms with Crippen LogP contribution in [0.5, 0.6) is 0 Å². The zero-order valence-corrected chi connectivity index (χ0v) is 20.3. The molecule has 6 N–H and O–H groups in total. The lowest BCUT2D eigenvalue weighted by molar-refractivity contribution is -0.139. The van der Waals surface area contributed by atoms with Gasteiger partial charge in [0.2, 0.25) is 5.95 Å². The van der Waals surface area contributed by atoms with E-state index in [1.165, 1.54) is 18.3 Å². The Labute approximate surface area is 210 Å². The number of hydrogen-bond acceptors (Lipinski definition) is 10. The summed E-state index contributed by atoms with van der Waals surface area (Å²) in [4.78, 5) is 74.3. The van der Waals surface area contributed by atoms with E-state index in [2.05, 4.69) is 30.6 Å². The Hall–Kier alpha value is -4.68. The van der Waals surface area contributed by atoms with Gasteiger partial charge in [-0.15, -0.1) is 0 Å². The van der Waals surface area contributed by atoms with Crippen LogP contribution in [0, 0.1) is 5.92 Å². The Bertz CT molecular complexity index is 1380. The number of hydrogen-bond donors (Lipinski definition) is 5. The number of amides is 1. The summed E-state index contributed by atoms with van der Waals surface area (Å²) in [7, 11) is 0. The average molecular weight is 510 g/mol. The summed E-state index contributed by atoms with van der Waals surface area (Å²) in [5.74, 6) is -2.80. The number of benzene rings is 1. The quantitative estimate of drug-likeness (QED) is 0.218. The molecule has 2 aromatic heterocycles. The predicted octanol–water partition coefficient (Wildman–Crippen LogP) is 1.05. The summed E-state index contributed by atoms with van der Waals surface area (Å²) in [6.45, 7) is 3.60. The van der Waals surface area contributed by atoms with Crippen LogP contribution >= 0.6 is 0 Å². The number of aromatic amines is 1. The number of rotatable bonds is 12. The van der Waals surface area contributed by atoms with Crippen molar-refractivity contribution in [1.29, 1.82) is 0 Å². The number of carbonyl (C=O) groups is 4. The zero-order chi connectivity index (χ0) is 27.1. The first-order valence-corrected chi connectivity index (χ1v) is 11.5. The van der Waals surface area contributed by atoms with Crippen LogP contribution in [0.2, 0.25) is 0 Å². The molecule has 1 atom stereocenters. The lowest BCUT2D eigenvalue weighted by atomic mass is 10.00. The van der Waals surface area contributed by atoms with E-state index in [-0.39, 0.29) is 66.0 Å². The number of anilines is 2. The van der Waals surface area contributed by atoms with Gasteiger partial charge in [0.1, 0.15) is 17.6 Å². The molecular formula is C24H27N7O6. The lowest BCUT2D eigenvalue weighted by Gasteiger charge is -2.14. The maximum atomic E-state index is 12.5. The summed E-state index contributed by atoms with van der Waals surface area (Å²) < 4.78 is 0. The first-order chi connectivity index (χ1) is 17.5. The minimum atomic E-state index is -1.28. The second-order valence-corrected chi connectivity index (χ2v) is 8.66. The molecule has 0 radical (unpaired) electrons. The SMILES string of the molecule is CC(C)C(=O)CC(=O)CC[C@H](NC(=O)c1ccc(NCc2cnc3[nH]c(N)nc(=O)c3n2)cc1)C(=O)O. The van der Waals surface area contributed by atoms with Gasteiger partial charge in [0, 0.05) is 23.6 Å². The van der Waals surface area contributed by atoms with Crippen LogP contribution in [0.1, 0.15) is 49.2 Å². The first kappa shape index (κ1) is 26.9. The number of aliphatic carboxylic acids is 1. The Morgan fingerprint density at radius 1 is 1.11 bits per heavy atom. The minimum Gasteiger partial charge on any atom is -0.480 e. The molecule has 0 saturated carbocycles. The molecule has 3 rings (SSSR count). The van der Waals surface area contributed by atoms with Crippen molar-refractivity contribution in [2.45, 2.75) is 45.7 Å². The van der Waals surface area contributed by atoms with E-state index in [4.69, 9.17) is 5.73 Å². The molecule has 194 valence electrons. The third kappa shape index (κ3) is 7.40. The average Bonchev–Trinajstić information content (AvgIpc) is 2.85. The van der Waals surface area contributed by atoms with E-state index in [0.29, 0.717) is 11.4 Å². The second kappa shape index (κ2) is 11.8. The first-order valence-electron chi connectivity index (χ1n) is 11.5. The smallest absolute Gasteiger partial charge is 0.326 e. The molecule has 0 aliphatic carbocycles. The predicted molar refractivity (Wildman–Crippen MR) is 134 cm³/mol. The van der Waals surface area contributed by atoms with Gasteiger partial charge in [0.05, 0.1) is 24.9 Å². The maximum absolute atomic E-state index is 12.5. The van der Waals surface area contributed by atoms with Gasteiger partial charge in [-0.05, 0) is 30.7 Å². The zero-order valence-electron chi connectivity index (χ0n) is 20.3. The van der Waals surface area contributed by atoms with Crippen molar-refractivity contribution in [3.63, 3.8) is 0 Å². The van der Waals surface area contributed by atoms with E-state index in [1.807, 2.05) is 0 Å². The van der Waals surface area contributed by atoms with Crippen LogP contribution in [0.25, 0.3) is 11.2 Å². The number of nitrogens with two attached hydrogens (primary N) is 1. The van der Waals surface area contributed by atoms with Crippen LogP contribution in [0.15, 0.2) is 35.3 Å². The summed E-state index contributed by atoms with van der Waals surface area (Å²) >= 11 is 0. The summed E-state index contributed by atoms with van der Waals surface area (Å²) in [5.41, 5.74) is 6.52. The number of nitrogen functional groups attached to an aromatic ring is 1. The molecule has 13 heteroatoms. The minimum absolute atomic E-state index is 0.0527. The van der Waals surface area contributed by atoms with E-state index < -0.39 is 23.5 Å². The number of H-pyrrole nitrogens is 1. The third-order valence-corrected chi connectivity index (χ3v) is 5.44. The van der Waals surface area contributed by atoms with Gasteiger partial charge in [-0.25, -0.2) is 14.8 Å². The molecule has 0 aliphatic heterocycles. The number of fused-ring (bicyclic) bond motifs is 1. The summed E-state index contributed by atoms with van der Waals surface area (Å²) in [6, 6.07) is 4.98. The highest BCUT2D eigenvalue weighted by Gasteiger charge is 2.23. The van der Waals surface area contributed by atoms with E-state index in [0.717, 1.165) is 0 Å². The molecule has 0 aliphatic rings. The van der Waals surface area contributed by atoms with Crippen molar-refractivity contribution in [2.24, 2.45) is 5.92 Å². The van der Waals surface area contributed by atoms with Gasteiger partial charge in [-0.2, -0.15) is 4.98 Å². The molecule has 3 aromatic rings. The summed E-state index contributed by atoms with van der Waals surface area (Å²) in [5, 5.41) is 14.9. The molecule has 13 nitrogen and oxygen atoms in total. The number of aromatic nitrogens is 4. The topological polar surface area (TPSA) is 210 Å². The number of ketones is 2. The van der Waals surface area contributed by atoms with E-state index in [9.17, 15) is 29.1 Å². The monoisotopic (exact) mass is 509 g/mol. The third-order valence-electron chi connectivity index (χ3n) is 5.44. The van der Waals surface area contributed by atoms with Crippen molar-refractivity contribution in [2.75, 3.05) is 11.1 Å². The molecule has 0 bridgehead atoms. The van der Waals surface area contributed by atoms with Crippen molar-refractivity contribution in [3.05, 3.63) is 52.1 Å². The van der Waals surface area contributed by atoms with Crippen molar-refractivity contribution in [3.8, 4) is 0 Å². The molecule has 0 unspecified atom stereocenters. The Kier molecular flexibility index (Phi) is 8.61. The Morgan fingerprint density at radius 2 is 1.81 bits per heavy atom. The molecule has 37 heavy (non-hydrogen) atoms. The van der Waals surface area contributed by atoms with Crippen molar-refractivity contribution >= 4 is 46.2 Å². The molecule has 0 fully saturated rings. The fraction of sp³-hybridized carbons (Fsp3) is 0.333. The molecule has 1 amide bonds. The second-order valence-electron chi connectivity index (χ2n) is 8.66. The van der Waals surface area contributed by atoms with E-state index >= 15 is 0 Å². The van der Waals surface area contributed by atoms with Gasteiger partial charge in [-0.1, -0.05) is 13.8 Å². The highest BCUT2D eigenvalue weighted by Crippen LogP contribution is 2.13. The number of carbonyl (C=O) groups excluding carboxylic acids is 3. The van der Waals surface area contributed by atoms with Crippen molar-refractivity contribution in [1.82, 2.24) is 25.3 Å². The highest BCUT2D eigenvalue weighted by molar-refractivity contribution is 6.00. The van der Waals surface area contributed by atoms with E-state index in [1.54, 1.807) is 26.0 Å². The van der Waals surface area contributed by atoms with Gasteiger partial charge in [0.15, 0.2) is 11.2 Å². The molecule has 1 aromatic carbocycles. The van der Waals surface area contributed by atoms with Crippen molar-refractivity contribution < 1.29 is 24.3 Å². The molecule has 2 heterocycles. The van der Waals surface area contributed by atoms with Crippen LogP contribution in [-0.4, -0.2) is 54.5 Å². The van der Waals surface area contributed by atoms with Crippen LogP contribution < -0.4 is 21.9 Å². The number of carboxylic acids is 1. The maximum Gasteiger partial charge on any atom is 0.326 e. The lowest BCUT2D eigenvalue weighted by Crippen LogP contribution is -2.41. The molecule has 0 saturated heterocycles. The Morgan fingerprint density at radius 3 is 2.46 bits per heavy atom. The van der Waals surface area contributed by atoms with Crippen LogP contribution in [0.4, 0.5) is 11.6 Å². The Balaban J connectivity index is 1.56. The van der Waals surface area contributed by atoms with Gasteiger partial charge in [-0.3, -0.25) is 19.2 Å². The van der Waals surface area contributed by atoms with Gasteiger partial charge < -0.3 is 26.5 Å². The van der Waals surface area contributed by atoms with Gasteiger partial charge >= 0.3 is 11.5 Å². The highest BCUT2D eigenvalue weighted by atomic mass is 16.4. The number of carboxylic acid groups (broad SMARTS) is 1. The standard InChI is InChI=1S/C24H27N7O6/c1-12(2)18(33)9-16(32)7-8-17(23(36)37)29-21(34)13-3-5-14(6-4-13)26-10-15-11-27-20-19(28-15)22(35)31-24(25)30-20/h3-6,11-12,17,26H,7-10H2,1-2H3,(H,29,34)(H,36,37)(H3,25,27,30,31,35)/t17-/m0/s1. The normalized spacial score (nSPS) is 11.8. The number of nitrogens with one attached hydrogen (secondary N) is 3. The number of nitrogens with zero attached hydrogens (tertiary/aromatic N) is 3.